The molecule has 2 heterocycles. The number of aliphatic hydroxyl groups is 1. The maximum atomic E-state index is 16.4. The number of H-pyrrole nitrogens is 1. The summed E-state index contributed by atoms with van der Waals surface area (Å²) in [6.07, 6.45) is -1.33. The highest BCUT2D eigenvalue weighted by Gasteiger charge is 2.47. The van der Waals surface area contributed by atoms with Crippen molar-refractivity contribution in [2.24, 2.45) is 34.6 Å². The molecule has 1 aliphatic rings. The first-order chi connectivity index (χ1) is 61.7. The van der Waals surface area contributed by atoms with Gasteiger partial charge in [-0.25, -0.2) is 0 Å². The summed E-state index contributed by atoms with van der Waals surface area (Å²) in [5, 5.41) is 51.1. The standard InChI is InChI=1S/C90H132N20O19S2/c1-49(2)41-64(76(95)117)101-81(122)68(46-70(93)115)103-77(118)63(27-14-13-20-38-96-52(5)112)107-87(128)90(12,35-18-19-36-91)110-83(124)66(44-56-29-32-57-24-15-16-25-58(57)42-56)102-79(120)65(43-55-30-33-60(34-31-55)129-40-37-92)105-86(127)75-89(10,11)131-130-88(8,9)74(99-54(7)114)85(126)106-69(47-71(94)116)82(123)108-73(51(4)111)84(125)104-67(45-59-48-98-72-50(3)23-22-26-61(59)72)80(121)100-62(78(119)109-75)28-17-21-39-97-53(6)113/h15-16,22-26,29-34,42,48-49,51,62-69,73-75,98,111H,13-14,17-21,27-28,35-41,43-47,91-92H2,1-12H3,(H2,93,115)(H2,94,116)(H2,95,117)(H,96,112)(H,97,113)(H,99,114)(H,100,121)(H,101,122)(H,102,120)(H,103,118)(H,104,125)(H,105,127)(H,106,126)(H,107,128)(H,108,123)(H,109,119)(H,110,124)/t51-,62+,63+,64-,65+,66+,67+,68+,69+,73+,74-,75-,90?/m1/s1. The number of benzene rings is 4. The summed E-state index contributed by atoms with van der Waals surface area (Å²) in [7, 11) is 1.82. The molecule has 1 aromatic heterocycles. The molecule has 39 nitrogen and oxygen atoms in total. The molecule has 41 heteroatoms. The number of rotatable bonds is 45. The van der Waals surface area contributed by atoms with E-state index in [1.165, 1.54) is 48.5 Å². The number of nitrogens with two attached hydrogens (primary N) is 5. The lowest BCUT2D eigenvalue weighted by molar-refractivity contribution is -0.138. The van der Waals surface area contributed by atoms with E-state index in [1.54, 1.807) is 80.7 Å². The van der Waals surface area contributed by atoms with Crippen molar-refractivity contribution in [1.82, 2.24) is 79.4 Å². The summed E-state index contributed by atoms with van der Waals surface area (Å²) >= 11 is 0. The van der Waals surface area contributed by atoms with Gasteiger partial charge in [0.1, 0.15) is 84.4 Å². The Kier molecular flexibility index (Phi) is 42.5. The van der Waals surface area contributed by atoms with Crippen LogP contribution >= 0.6 is 21.6 Å². The van der Waals surface area contributed by atoms with E-state index in [0.29, 0.717) is 52.6 Å². The Balaban J connectivity index is 1.54. The van der Waals surface area contributed by atoms with Crippen LogP contribution < -0.4 is 108 Å². The lowest BCUT2D eigenvalue weighted by atomic mass is 9.91. The smallest absolute Gasteiger partial charge is 0.246 e. The van der Waals surface area contributed by atoms with Gasteiger partial charge < -0.3 is 118 Å². The third-order valence-electron chi connectivity index (χ3n) is 22.0. The van der Waals surface area contributed by atoms with Crippen LogP contribution in [0.2, 0.25) is 0 Å². The number of hydrogen-bond donors (Lipinski definition) is 21. The Morgan fingerprint density at radius 3 is 1.76 bits per heavy atom. The van der Waals surface area contributed by atoms with Gasteiger partial charge in [-0.1, -0.05) is 121 Å². The molecule has 718 valence electrons. The van der Waals surface area contributed by atoms with E-state index in [0.717, 1.165) is 51.8 Å². The van der Waals surface area contributed by atoms with Gasteiger partial charge in [0.05, 0.1) is 18.9 Å². The first-order valence-electron chi connectivity index (χ1n) is 43.9. The average molecular weight is 1860 g/mol. The fraction of sp³-hybridized carbons (Fsp3) is 0.544. The number of ether oxygens (including phenoxy) is 1. The number of para-hydroxylation sites is 1. The van der Waals surface area contributed by atoms with E-state index >= 15 is 28.8 Å². The van der Waals surface area contributed by atoms with Gasteiger partial charge in [0.25, 0.3) is 0 Å². The van der Waals surface area contributed by atoms with Gasteiger partial charge in [-0.05, 0) is 164 Å². The average Bonchev–Trinajstić information content (AvgIpc) is 1.27. The first kappa shape index (κ1) is 108. The van der Waals surface area contributed by atoms with Crippen LogP contribution in [0.4, 0.5) is 0 Å². The molecule has 13 atom stereocenters. The van der Waals surface area contributed by atoms with Crippen molar-refractivity contribution in [3.05, 3.63) is 113 Å². The lowest BCUT2D eigenvalue weighted by Crippen LogP contribution is -2.65. The molecule has 131 heavy (non-hydrogen) atoms. The van der Waals surface area contributed by atoms with Gasteiger partial charge in [-0.15, -0.1) is 0 Å². The Bertz CT molecular complexity index is 4860. The van der Waals surface area contributed by atoms with Crippen molar-refractivity contribution in [2.45, 2.75) is 273 Å². The minimum Gasteiger partial charge on any atom is -0.492 e. The Hall–Kier alpha value is -11.9. The zero-order valence-corrected chi connectivity index (χ0v) is 78.1. The summed E-state index contributed by atoms with van der Waals surface area (Å²) in [4.78, 5) is 247. The van der Waals surface area contributed by atoms with Crippen molar-refractivity contribution in [3.63, 3.8) is 0 Å². The van der Waals surface area contributed by atoms with Crippen molar-refractivity contribution in [2.75, 3.05) is 32.8 Å². The van der Waals surface area contributed by atoms with Crippen LogP contribution in [0.5, 0.6) is 5.75 Å². The molecule has 5 aromatic rings. The summed E-state index contributed by atoms with van der Waals surface area (Å²) in [6, 6.07) is 5.88. The highest BCUT2D eigenvalue weighted by Crippen LogP contribution is 2.47. The molecule has 0 bridgehead atoms. The number of aromatic nitrogens is 1. The van der Waals surface area contributed by atoms with Gasteiger partial charge in [0.2, 0.25) is 100 Å². The zero-order valence-electron chi connectivity index (χ0n) is 76.5. The second-order valence-corrected chi connectivity index (χ2v) is 38.2. The minimum absolute atomic E-state index is 0.0896. The summed E-state index contributed by atoms with van der Waals surface area (Å²) < 4.78 is 2.59. The topological polar surface area (TPSA) is 634 Å². The normalized spacial score (nSPS) is 19.2. The zero-order chi connectivity index (χ0) is 97.2. The molecule has 0 saturated carbocycles. The maximum absolute atomic E-state index is 16.4. The number of aliphatic hydroxyl groups excluding tert-OH is 1. The maximum Gasteiger partial charge on any atom is 0.246 e. The second-order valence-electron chi connectivity index (χ2n) is 34.8. The number of carbonyl (C=O) groups is 17. The summed E-state index contributed by atoms with van der Waals surface area (Å²) in [5.74, 6) is -15.6. The third kappa shape index (κ3) is 34.7. The van der Waals surface area contributed by atoms with Crippen LogP contribution in [0.1, 0.15) is 182 Å². The van der Waals surface area contributed by atoms with Gasteiger partial charge in [-0.2, -0.15) is 0 Å². The lowest BCUT2D eigenvalue weighted by Gasteiger charge is -2.39. The molecule has 6 rings (SSSR count). The number of hydrogen-bond acceptors (Lipinski definition) is 23. The van der Waals surface area contributed by atoms with Crippen LogP contribution in [0.25, 0.3) is 21.7 Å². The summed E-state index contributed by atoms with van der Waals surface area (Å²) in [5.41, 5.74) is 29.6. The quantitative estimate of drug-likeness (QED) is 0.0180. The summed E-state index contributed by atoms with van der Waals surface area (Å²) in [6.45, 7) is 18.6. The van der Waals surface area contributed by atoms with Gasteiger partial charge in [-0.3, -0.25) is 81.5 Å². The molecule has 26 N–H and O–H groups in total. The number of aryl methyl sites for hydroxylation is 1. The largest absolute Gasteiger partial charge is 0.492 e. The van der Waals surface area contributed by atoms with Crippen molar-refractivity contribution >= 4 is 144 Å². The molecule has 0 spiro atoms. The Morgan fingerprint density at radius 2 is 1.14 bits per heavy atom. The van der Waals surface area contributed by atoms with E-state index in [9.17, 15) is 57.8 Å². The fourth-order valence-corrected chi connectivity index (χ4v) is 17.6. The SMILES string of the molecule is CC(=O)NCCCCC[C@H](NC(=O)C(C)(CCCCN)NC(=O)[C@H](Cc1ccc2ccccc2c1)NC(=O)[C@H](Cc1ccc(OCCN)cc1)NC(=O)[C@H]1NC(=O)[C@H](CCCCNC(C)=O)NC(=O)[C@H](Cc2c[nH]c3c(C)cccc23)NC(=O)[C@H]([C@@H](C)O)NC(=O)[C@H](CC(N)=O)NC(=O)[C@@H](NC(C)=O)C(C)(C)SSC1(C)C)C(=O)N[C@@H](CC(N)=O)C(=O)N[C@H](CC(C)C)C(N)=O. The number of unbranched alkanes of at least 4 members (excludes halogenated alkanes) is 4. The Labute approximate surface area is 770 Å². The molecule has 1 fully saturated rings. The predicted octanol–water partition coefficient (Wildman–Crippen LogP) is -0.0304. The Morgan fingerprint density at radius 1 is 0.557 bits per heavy atom. The highest BCUT2D eigenvalue weighted by atomic mass is 33.1. The van der Waals surface area contributed by atoms with Crippen LogP contribution in [-0.4, -0.2) is 231 Å². The molecule has 4 aromatic carbocycles. The van der Waals surface area contributed by atoms with E-state index < -0.39 is 189 Å². The van der Waals surface area contributed by atoms with Gasteiger partial charge in [0.15, 0.2) is 0 Å². The molecule has 17 amide bonds. The molecular formula is C90H132N20O19S2. The minimum atomic E-state index is -2.01. The molecular weight excluding hydrogens is 1730 g/mol. The monoisotopic (exact) mass is 1860 g/mol. The van der Waals surface area contributed by atoms with E-state index in [2.05, 4.69) is 79.4 Å². The van der Waals surface area contributed by atoms with Crippen molar-refractivity contribution in [1.29, 1.82) is 0 Å². The second kappa shape index (κ2) is 51.6. The molecule has 1 saturated heterocycles. The molecule has 0 radical (unpaired) electrons. The number of aromatic amines is 1. The highest BCUT2D eigenvalue weighted by molar-refractivity contribution is 8.77. The van der Waals surface area contributed by atoms with Crippen molar-refractivity contribution in [3.8, 4) is 5.75 Å². The molecule has 1 aliphatic heterocycles. The number of primary amides is 3. The van der Waals surface area contributed by atoms with Crippen LogP contribution in [-0.2, 0) is 101 Å². The van der Waals surface area contributed by atoms with Crippen molar-refractivity contribution < 1.29 is 91.4 Å². The fourth-order valence-electron chi connectivity index (χ4n) is 14.8. The van der Waals surface area contributed by atoms with Crippen LogP contribution in [0.3, 0.4) is 0 Å². The van der Waals surface area contributed by atoms with E-state index in [1.807, 2.05) is 31.2 Å². The molecule has 1 unspecified atom stereocenters. The number of nitrogens with one attached hydrogen (secondary N) is 15. The van der Waals surface area contributed by atoms with Crippen LogP contribution in [0.15, 0.2) is 91.1 Å². The van der Waals surface area contributed by atoms with Gasteiger partial charge >= 0.3 is 0 Å². The third-order valence-corrected chi connectivity index (χ3v) is 26.2. The van der Waals surface area contributed by atoms with E-state index in [-0.39, 0.29) is 121 Å². The number of carbonyl (C=O) groups excluding carboxylic acids is 17. The van der Waals surface area contributed by atoms with Gasteiger partial charge in [0, 0.05) is 86.3 Å². The number of amides is 17. The van der Waals surface area contributed by atoms with E-state index in [4.69, 9.17) is 33.4 Å². The number of fused-ring (bicyclic) bond motifs is 2. The van der Waals surface area contributed by atoms with Crippen LogP contribution in [0, 0.1) is 12.8 Å². The predicted molar refractivity (Wildman–Crippen MR) is 496 cm³/mol. The molecule has 0 aliphatic carbocycles. The first-order valence-corrected chi connectivity index (χ1v) is 46.1.